The number of para-hydroxylation sites is 1. The normalized spacial score (nSPS) is 10.7. The SMILES string of the molecule is COc1ccccc1C=NNc1nc(C)cc(C)n1. The highest BCUT2D eigenvalue weighted by molar-refractivity contribution is 5.83. The molecule has 0 spiro atoms. The largest absolute Gasteiger partial charge is 0.496 e. The molecule has 1 N–H and O–H groups in total. The summed E-state index contributed by atoms with van der Waals surface area (Å²) in [7, 11) is 1.63. The number of rotatable bonds is 4. The lowest BCUT2D eigenvalue weighted by Gasteiger charge is -2.04. The summed E-state index contributed by atoms with van der Waals surface area (Å²) in [4.78, 5) is 8.48. The van der Waals surface area contributed by atoms with Crippen LogP contribution < -0.4 is 10.2 Å². The van der Waals surface area contributed by atoms with Crippen LogP contribution in [0, 0.1) is 13.8 Å². The summed E-state index contributed by atoms with van der Waals surface area (Å²) in [5, 5.41) is 4.12. The third-order valence-corrected chi connectivity index (χ3v) is 2.49. The number of aryl methyl sites for hydroxylation is 2. The maximum atomic E-state index is 5.24. The predicted octanol–water partition coefficient (Wildman–Crippen LogP) is 2.55. The number of hydrogen-bond donors (Lipinski definition) is 1. The Balaban J connectivity index is 2.11. The van der Waals surface area contributed by atoms with Gasteiger partial charge in [0.1, 0.15) is 5.75 Å². The smallest absolute Gasteiger partial charge is 0.243 e. The molecule has 0 unspecified atom stereocenters. The van der Waals surface area contributed by atoms with Gasteiger partial charge in [0.2, 0.25) is 5.95 Å². The second kappa shape index (κ2) is 5.95. The van der Waals surface area contributed by atoms with Crippen LogP contribution in [0.25, 0.3) is 0 Å². The van der Waals surface area contributed by atoms with Crippen LogP contribution in [0.5, 0.6) is 5.75 Å². The van der Waals surface area contributed by atoms with Crippen molar-refractivity contribution in [2.24, 2.45) is 5.10 Å². The first-order valence-electron chi connectivity index (χ1n) is 5.93. The van der Waals surface area contributed by atoms with E-state index < -0.39 is 0 Å². The number of aromatic nitrogens is 2. The predicted molar refractivity (Wildman–Crippen MR) is 75.7 cm³/mol. The summed E-state index contributed by atoms with van der Waals surface area (Å²) in [6.07, 6.45) is 1.68. The standard InChI is InChI=1S/C14H16N4O/c1-10-8-11(2)17-14(16-10)18-15-9-12-6-4-5-7-13(12)19-3/h4-9H,1-3H3,(H,16,17,18). The van der Waals surface area contributed by atoms with Gasteiger partial charge in [-0.25, -0.2) is 15.4 Å². The number of ether oxygens (including phenoxy) is 1. The van der Waals surface area contributed by atoms with Crippen molar-refractivity contribution in [1.82, 2.24) is 9.97 Å². The molecule has 0 amide bonds. The molecule has 0 bridgehead atoms. The zero-order chi connectivity index (χ0) is 13.7. The molecule has 0 saturated carbocycles. The summed E-state index contributed by atoms with van der Waals surface area (Å²) in [6, 6.07) is 9.56. The van der Waals surface area contributed by atoms with Crippen LogP contribution in [-0.4, -0.2) is 23.3 Å². The number of anilines is 1. The van der Waals surface area contributed by atoms with Gasteiger partial charge in [0.15, 0.2) is 0 Å². The van der Waals surface area contributed by atoms with Crippen LogP contribution in [-0.2, 0) is 0 Å². The fourth-order valence-electron chi connectivity index (χ4n) is 1.71. The Hall–Kier alpha value is -2.43. The molecule has 1 aromatic heterocycles. The molecular formula is C14H16N4O. The Labute approximate surface area is 112 Å². The van der Waals surface area contributed by atoms with Gasteiger partial charge in [0, 0.05) is 17.0 Å². The van der Waals surface area contributed by atoms with Gasteiger partial charge in [-0.3, -0.25) is 0 Å². The minimum absolute atomic E-state index is 0.489. The molecule has 5 heteroatoms. The third-order valence-electron chi connectivity index (χ3n) is 2.49. The van der Waals surface area contributed by atoms with Crippen molar-refractivity contribution in [3.8, 4) is 5.75 Å². The quantitative estimate of drug-likeness (QED) is 0.674. The number of methoxy groups -OCH3 is 1. The molecule has 2 rings (SSSR count). The topological polar surface area (TPSA) is 59.4 Å². The monoisotopic (exact) mass is 256 g/mol. The van der Waals surface area contributed by atoms with Gasteiger partial charge >= 0.3 is 0 Å². The Kier molecular flexibility index (Phi) is 4.07. The molecule has 0 aliphatic heterocycles. The van der Waals surface area contributed by atoms with Crippen LogP contribution in [0.1, 0.15) is 17.0 Å². The van der Waals surface area contributed by atoms with E-state index in [0.717, 1.165) is 22.7 Å². The van der Waals surface area contributed by atoms with Crippen molar-refractivity contribution in [2.45, 2.75) is 13.8 Å². The van der Waals surface area contributed by atoms with Crippen molar-refractivity contribution in [1.29, 1.82) is 0 Å². The zero-order valence-electron chi connectivity index (χ0n) is 11.2. The first kappa shape index (κ1) is 13.0. The van der Waals surface area contributed by atoms with Crippen LogP contribution in [0.2, 0.25) is 0 Å². The second-order valence-corrected chi connectivity index (χ2v) is 4.09. The van der Waals surface area contributed by atoms with Crippen molar-refractivity contribution >= 4 is 12.2 Å². The average Bonchev–Trinajstić information content (AvgIpc) is 2.38. The van der Waals surface area contributed by atoms with E-state index in [2.05, 4.69) is 20.5 Å². The second-order valence-electron chi connectivity index (χ2n) is 4.09. The highest BCUT2D eigenvalue weighted by Gasteiger charge is 1.99. The number of nitrogens with zero attached hydrogens (tertiary/aromatic N) is 3. The molecule has 0 aliphatic carbocycles. The molecule has 1 aromatic carbocycles. The Morgan fingerprint density at radius 2 is 1.84 bits per heavy atom. The molecule has 0 saturated heterocycles. The van der Waals surface area contributed by atoms with Crippen LogP contribution in [0.3, 0.4) is 0 Å². The van der Waals surface area contributed by atoms with E-state index in [0.29, 0.717) is 5.95 Å². The van der Waals surface area contributed by atoms with E-state index in [1.54, 1.807) is 13.3 Å². The van der Waals surface area contributed by atoms with E-state index in [1.165, 1.54) is 0 Å². The number of benzene rings is 1. The molecule has 19 heavy (non-hydrogen) atoms. The van der Waals surface area contributed by atoms with Crippen LogP contribution >= 0.6 is 0 Å². The van der Waals surface area contributed by atoms with Crippen LogP contribution in [0.4, 0.5) is 5.95 Å². The fourth-order valence-corrected chi connectivity index (χ4v) is 1.71. The zero-order valence-corrected chi connectivity index (χ0v) is 11.2. The molecule has 0 fully saturated rings. The fraction of sp³-hybridized carbons (Fsp3) is 0.214. The lowest BCUT2D eigenvalue weighted by Crippen LogP contribution is -2.00. The Morgan fingerprint density at radius 1 is 1.16 bits per heavy atom. The van der Waals surface area contributed by atoms with Crippen molar-refractivity contribution < 1.29 is 4.74 Å². The molecular weight excluding hydrogens is 240 g/mol. The van der Waals surface area contributed by atoms with Gasteiger partial charge in [-0.1, -0.05) is 12.1 Å². The molecule has 2 aromatic rings. The number of hydrazone groups is 1. The van der Waals surface area contributed by atoms with Gasteiger partial charge < -0.3 is 4.74 Å². The summed E-state index contributed by atoms with van der Waals surface area (Å²) in [5.74, 6) is 1.26. The van der Waals surface area contributed by atoms with Crippen molar-refractivity contribution in [3.05, 3.63) is 47.3 Å². The van der Waals surface area contributed by atoms with E-state index >= 15 is 0 Å². The average molecular weight is 256 g/mol. The summed E-state index contributed by atoms with van der Waals surface area (Å²) >= 11 is 0. The van der Waals surface area contributed by atoms with E-state index in [4.69, 9.17) is 4.74 Å². The molecule has 5 nitrogen and oxygen atoms in total. The molecule has 0 aliphatic rings. The molecule has 98 valence electrons. The van der Waals surface area contributed by atoms with Crippen LogP contribution in [0.15, 0.2) is 35.4 Å². The third kappa shape index (κ3) is 3.51. The first-order valence-corrected chi connectivity index (χ1v) is 5.93. The minimum atomic E-state index is 0.489. The Bertz CT molecular complexity index is 575. The van der Waals surface area contributed by atoms with E-state index in [1.807, 2.05) is 44.2 Å². The molecule has 0 radical (unpaired) electrons. The lowest BCUT2D eigenvalue weighted by molar-refractivity contribution is 0.414. The van der Waals surface area contributed by atoms with Crippen molar-refractivity contribution in [3.63, 3.8) is 0 Å². The summed E-state index contributed by atoms with van der Waals surface area (Å²) in [5.41, 5.74) is 5.52. The molecule has 1 heterocycles. The highest BCUT2D eigenvalue weighted by atomic mass is 16.5. The van der Waals surface area contributed by atoms with Gasteiger partial charge in [-0.15, -0.1) is 0 Å². The lowest BCUT2D eigenvalue weighted by atomic mass is 10.2. The maximum Gasteiger partial charge on any atom is 0.243 e. The Morgan fingerprint density at radius 3 is 2.53 bits per heavy atom. The number of nitrogens with one attached hydrogen (secondary N) is 1. The molecule has 0 atom stereocenters. The number of hydrogen-bond acceptors (Lipinski definition) is 5. The van der Waals surface area contributed by atoms with Gasteiger partial charge in [-0.05, 0) is 32.0 Å². The van der Waals surface area contributed by atoms with Crippen molar-refractivity contribution in [2.75, 3.05) is 12.5 Å². The van der Waals surface area contributed by atoms with Gasteiger partial charge in [0.05, 0.1) is 13.3 Å². The van der Waals surface area contributed by atoms with Gasteiger partial charge in [0.25, 0.3) is 0 Å². The van der Waals surface area contributed by atoms with Gasteiger partial charge in [-0.2, -0.15) is 5.10 Å². The summed E-state index contributed by atoms with van der Waals surface area (Å²) in [6.45, 7) is 3.84. The maximum absolute atomic E-state index is 5.24. The minimum Gasteiger partial charge on any atom is -0.496 e. The highest BCUT2D eigenvalue weighted by Crippen LogP contribution is 2.14. The first-order chi connectivity index (χ1) is 9.19. The van der Waals surface area contributed by atoms with E-state index in [9.17, 15) is 0 Å². The summed E-state index contributed by atoms with van der Waals surface area (Å²) < 4.78 is 5.24. The van der Waals surface area contributed by atoms with E-state index in [-0.39, 0.29) is 0 Å².